The molecule has 2 saturated heterocycles. The van der Waals surface area contributed by atoms with Crippen molar-refractivity contribution in [3.63, 3.8) is 0 Å². The Balaban J connectivity index is 0.00000264. The van der Waals surface area contributed by atoms with Crippen LogP contribution in [0.15, 0.2) is 0 Å². The second-order valence-corrected chi connectivity index (χ2v) is 8.42. The molecule has 0 aromatic rings. The minimum absolute atomic E-state index is 0. The SMILES string of the molecule is CCCS(=O)(=O)N1CCCC1C(=O)NCCC1CCCNC1.Cl. The van der Waals surface area contributed by atoms with Gasteiger partial charge in [0.25, 0.3) is 0 Å². The van der Waals surface area contributed by atoms with E-state index >= 15 is 0 Å². The fraction of sp³-hybridized carbons (Fsp3) is 0.933. The van der Waals surface area contributed by atoms with E-state index in [9.17, 15) is 13.2 Å². The first kappa shape index (κ1) is 20.7. The van der Waals surface area contributed by atoms with Crippen molar-refractivity contribution in [1.29, 1.82) is 0 Å². The Labute approximate surface area is 146 Å². The van der Waals surface area contributed by atoms with E-state index in [-0.39, 0.29) is 24.1 Å². The van der Waals surface area contributed by atoms with Crippen LogP contribution in [0.2, 0.25) is 0 Å². The normalized spacial score (nSPS) is 25.8. The molecular weight excluding hydrogens is 338 g/mol. The van der Waals surface area contributed by atoms with Gasteiger partial charge in [0.2, 0.25) is 15.9 Å². The average Bonchev–Trinajstić information content (AvgIpc) is 2.98. The molecule has 2 aliphatic heterocycles. The highest BCUT2D eigenvalue weighted by atomic mass is 35.5. The van der Waals surface area contributed by atoms with Gasteiger partial charge >= 0.3 is 0 Å². The largest absolute Gasteiger partial charge is 0.355 e. The van der Waals surface area contributed by atoms with Gasteiger partial charge in [-0.1, -0.05) is 6.92 Å². The molecule has 2 fully saturated rings. The summed E-state index contributed by atoms with van der Waals surface area (Å²) in [6.45, 7) is 5.09. The molecule has 0 bridgehead atoms. The fourth-order valence-corrected chi connectivity index (χ4v) is 5.14. The molecular formula is C15H30ClN3O3S. The van der Waals surface area contributed by atoms with E-state index in [0.29, 0.717) is 31.8 Å². The number of nitrogens with one attached hydrogen (secondary N) is 2. The Morgan fingerprint density at radius 2 is 2.09 bits per heavy atom. The number of halogens is 1. The third-order valence-electron chi connectivity index (χ3n) is 4.58. The van der Waals surface area contributed by atoms with Crippen LogP contribution in [0.1, 0.15) is 45.4 Å². The topological polar surface area (TPSA) is 78.5 Å². The summed E-state index contributed by atoms with van der Waals surface area (Å²) in [5.74, 6) is 0.628. The number of carbonyl (C=O) groups excluding carboxylic acids is 1. The van der Waals surface area contributed by atoms with E-state index in [1.165, 1.54) is 17.1 Å². The molecule has 2 aliphatic rings. The molecule has 0 spiro atoms. The lowest BCUT2D eigenvalue weighted by Gasteiger charge is -2.25. The van der Waals surface area contributed by atoms with E-state index < -0.39 is 16.1 Å². The number of carbonyl (C=O) groups is 1. The van der Waals surface area contributed by atoms with Crippen LogP contribution in [-0.4, -0.2) is 56.6 Å². The molecule has 0 aromatic carbocycles. The summed E-state index contributed by atoms with van der Waals surface area (Å²) in [4.78, 5) is 12.3. The maximum absolute atomic E-state index is 12.3. The molecule has 0 aromatic heterocycles. The van der Waals surface area contributed by atoms with Crippen molar-refractivity contribution in [3.05, 3.63) is 0 Å². The maximum Gasteiger partial charge on any atom is 0.238 e. The number of sulfonamides is 1. The molecule has 2 atom stereocenters. The van der Waals surface area contributed by atoms with Gasteiger partial charge < -0.3 is 10.6 Å². The van der Waals surface area contributed by atoms with Crippen molar-refractivity contribution in [2.24, 2.45) is 5.92 Å². The zero-order chi connectivity index (χ0) is 16.0. The molecule has 2 N–H and O–H groups in total. The summed E-state index contributed by atoms with van der Waals surface area (Å²) in [7, 11) is -3.29. The molecule has 6 nitrogen and oxygen atoms in total. The highest BCUT2D eigenvalue weighted by Crippen LogP contribution is 2.22. The number of rotatable bonds is 7. The molecule has 8 heteroatoms. The van der Waals surface area contributed by atoms with Crippen LogP contribution in [0, 0.1) is 5.92 Å². The van der Waals surface area contributed by atoms with Gasteiger partial charge in [0.15, 0.2) is 0 Å². The van der Waals surface area contributed by atoms with Gasteiger partial charge in [0, 0.05) is 13.1 Å². The summed E-state index contributed by atoms with van der Waals surface area (Å²) < 4.78 is 25.8. The lowest BCUT2D eigenvalue weighted by molar-refractivity contribution is -0.124. The quantitative estimate of drug-likeness (QED) is 0.706. The minimum Gasteiger partial charge on any atom is -0.355 e. The second kappa shape index (κ2) is 9.81. The minimum atomic E-state index is -3.29. The standard InChI is InChI=1S/C15H29N3O3S.ClH/c1-2-11-22(20,21)18-10-4-6-14(18)15(19)17-9-7-13-5-3-8-16-12-13;/h13-14,16H,2-12H2,1H3,(H,17,19);1H. The maximum atomic E-state index is 12.3. The van der Waals surface area contributed by atoms with Gasteiger partial charge in [-0.2, -0.15) is 4.31 Å². The Kier molecular flexibility index (Phi) is 8.82. The summed E-state index contributed by atoms with van der Waals surface area (Å²) in [6.07, 6.45) is 5.37. The van der Waals surface area contributed by atoms with E-state index in [1.54, 1.807) is 0 Å². The van der Waals surface area contributed by atoms with Gasteiger partial charge in [-0.25, -0.2) is 8.42 Å². The molecule has 1 amide bonds. The predicted octanol–water partition coefficient (Wildman–Crippen LogP) is 1.12. The molecule has 0 aliphatic carbocycles. The van der Waals surface area contributed by atoms with Crippen molar-refractivity contribution < 1.29 is 13.2 Å². The average molecular weight is 368 g/mol. The Morgan fingerprint density at radius 1 is 1.30 bits per heavy atom. The van der Waals surface area contributed by atoms with Gasteiger partial charge in [0.05, 0.1) is 5.75 Å². The number of hydrogen-bond donors (Lipinski definition) is 2. The highest BCUT2D eigenvalue weighted by Gasteiger charge is 2.37. The number of amides is 1. The van der Waals surface area contributed by atoms with Crippen LogP contribution in [0.3, 0.4) is 0 Å². The van der Waals surface area contributed by atoms with Gasteiger partial charge in [-0.05, 0) is 57.5 Å². The van der Waals surface area contributed by atoms with Crippen molar-refractivity contribution in [2.75, 3.05) is 31.9 Å². The summed E-state index contributed by atoms with van der Waals surface area (Å²) >= 11 is 0. The molecule has 2 rings (SSSR count). The van der Waals surface area contributed by atoms with Crippen molar-refractivity contribution in [2.45, 2.75) is 51.5 Å². The van der Waals surface area contributed by atoms with Crippen molar-refractivity contribution >= 4 is 28.3 Å². The summed E-state index contributed by atoms with van der Waals surface area (Å²) in [6, 6.07) is -0.499. The monoisotopic (exact) mass is 367 g/mol. The Bertz CT molecular complexity index is 467. The number of piperidine rings is 1. The van der Waals surface area contributed by atoms with Crippen LogP contribution in [0.25, 0.3) is 0 Å². The molecule has 23 heavy (non-hydrogen) atoms. The first-order chi connectivity index (χ1) is 10.5. The predicted molar refractivity (Wildman–Crippen MR) is 94.3 cm³/mol. The van der Waals surface area contributed by atoms with Crippen LogP contribution < -0.4 is 10.6 Å². The van der Waals surface area contributed by atoms with Gasteiger partial charge in [-0.15, -0.1) is 12.4 Å². The highest BCUT2D eigenvalue weighted by molar-refractivity contribution is 7.89. The van der Waals surface area contributed by atoms with Crippen LogP contribution in [0.4, 0.5) is 0 Å². The molecule has 136 valence electrons. The van der Waals surface area contributed by atoms with E-state index in [1.807, 2.05) is 6.92 Å². The summed E-state index contributed by atoms with van der Waals surface area (Å²) in [5, 5.41) is 6.31. The van der Waals surface area contributed by atoms with Crippen LogP contribution in [-0.2, 0) is 14.8 Å². The van der Waals surface area contributed by atoms with Crippen molar-refractivity contribution in [1.82, 2.24) is 14.9 Å². The third kappa shape index (κ3) is 5.89. The van der Waals surface area contributed by atoms with E-state index in [2.05, 4.69) is 10.6 Å². The Hall–Kier alpha value is -0.370. The molecule has 2 heterocycles. The molecule has 2 unspecified atom stereocenters. The first-order valence-electron chi connectivity index (χ1n) is 8.52. The number of hydrogen-bond acceptors (Lipinski definition) is 4. The second-order valence-electron chi connectivity index (χ2n) is 6.38. The molecule has 0 radical (unpaired) electrons. The summed E-state index contributed by atoms with van der Waals surface area (Å²) in [5.41, 5.74) is 0. The van der Waals surface area contributed by atoms with Gasteiger partial charge in [0.1, 0.15) is 6.04 Å². The lowest BCUT2D eigenvalue weighted by Crippen LogP contribution is -2.47. The fourth-order valence-electron chi connectivity index (χ4n) is 3.40. The van der Waals surface area contributed by atoms with Crippen LogP contribution in [0.5, 0.6) is 0 Å². The van der Waals surface area contributed by atoms with E-state index in [0.717, 1.165) is 25.9 Å². The first-order valence-corrected chi connectivity index (χ1v) is 10.1. The van der Waals surface area contributed by atoms with Crippen LogP contribution >= 0.6 is 12.4 Å². The lowest BCUT2D eigenvalue weighted by atomic mass is 9.96. The smallest absolute Gasteiger partial charge is 0.238 e. The Morgan fingerprint density at radius 3 is 2.74 bits per heavy atom. The third-order valence-corrected chi connectivity index (χ3v) is 6.65. The number of nitrogens with zero attached hydrogens (tertiary/aromatic N) is 1. The molecule has 0 saturated carbocycles. The van der Waals surface area contributed by atoms with E-state index in [4.69, 9.17) is 0 Å². The van der Waals surface area contributed by atoms with Crippen molar-refractivity contribution in [3.8, 4) is 0 Å². The zero-order valence-electron chi connectivity index (χ0n) is 13.9. The van der Waals surface area contributed by atoms with Gasteiger partial charge in [-0.3, -0.25) is 4.79 Å². The zero-order valence-corrected chi connectivity index (χ0v) is 15.6.